The zero-order valence-electron chi connectivity index (χ0n) is 15.2. The molecule has 2 heterocycles. The van der Waals surface area contributed by atoms with E-state index in [-0.39, 0.29) is 4.90 Å². The van der Waals surface area contributed by atoms with Gasteiger partial charge in [0.25, 0.3) is 0 Å². The van der Waals surface area contributed by atoms with Crippen LogP contribution in [0.5, 0.6) is 0 Å². The number of hydrogen-bond acceptors (Lipinski definition) is 4. The topological polar surface area (TPSA) is 63.4 Å². The molecule has 3 aromatic rings. The predicted octanol–water partition coefficient (Wildman–Crippen LogP) is 4.92. The Bertz CT molecular complexity index is 1040. The summed E-state index contributed by atoms with van der Waals surface area (Å²) >= 11 is 1.48. The molecule has 0 unspecified atom stereocenters. The average molecular weight is 399 g/mol. The number of hydrogen-bond donors (Lipinski definition) is 1. The van der Waals surface area contributed by atoms with Gasteiger partial charge in [-0.3, -0.25) is 0 Å². The van der Waals surface area contributed by atoms with E-state index in [0.717, 1.165) is 35.5 Å². The molecule has 4 nitrogen and oxygen atoms in total. The largest absolute Gasteiger partial charge is 0.308 e. The minimum Gasteiger partial charge on any atom is -0.308 e. The molecular formula is C21H22N2O2S2. The number of rotatable bonds is 4. The van der Waals surface area contributed by atoms with Crippen molar-refractivity contribution in [2.24, 2.45) is 5.14 Å². The van der Waals surface area contributed by atoms with Gasteiger partial charge in [-0.15, -0.1) is 11.3 Å². The van der Waals surface area contributed by atoms with Crippen LogP contribution in [-0.4, -0.2) is 8.42 Å². The average Bonchev–Trinajstić information content (AvgIpc) is 2.98. The Morgan fingerprint density at radius 3 is 2.04 bits per heavy atom. The molecule has 0 aliphatic carbocycles. The maximum Gasteiger partial charge on any atom is 0.241 e. The molecule has 0 fully saturated rings. The van der Waals surface area contributed by atoms with E-state index >= 15 is 0 Å². The van der Waals surface area contributed by atoms with E-state index in [4.69, 9.17) is 5.14 Å². The highest BCUT2D eigenvalue weighted by molar-refractivity contribution is 7.89. The number of primary sulfonamides is 1. The van der Waals surface area contributed by atoms with Gasteiger partial charge in [-0.05, 0) is 42.5 Å². The van der Waals surface area contributed by atoms with Crippen molar-refractivity contribution in [3.63, 3.8) is 0 Å². The normalized spacial score (nSPS) is 13.8. The molecule has 0 amide bonds. The van der Waals surface area contributed by atoms with Crippen LogP contribution in [0.4, 0.5) is 17.1 Å². The zero-order chi connectivity index (χ0) is 19.0. The SMILES string of the molecule is CCCc1scc(N2c3ccccc3CCc3ccccc32)c1S(N)(=O)=O. The first kappa shape index (κ1) is 18.2. The first-order valence-corrected chi connectivity index (χ1v) is 11.5. The Balaban J connectivity index is 2.02. The Labute approximate surface area is 164 Å². The lowest BCUT2D eigenvalue weighted by atomic mass is 10.0. The standard InChI is InChI=1S/C21H22N2O2S2/c1-2-7-20-21(27(22,24)25)19(14-26-20)23-17-10-5-3-8-15(17)12-13-16-9-4-6-11-18(16)23/h3-6,8-11,14H,2,7,12-13H2,1H3,(H2,22,24,25). The van der Waals surface area contributed by atoms with Crippen molar-refractivity contribution in [3.8, 4) is 0 Å². The van der Waals surface area contributed by atoms with Crippen LogP contribution in [0.15, 0.2) is 58.8 Å². The van der Waals surface area contributed by atoms with Crippen LogP contribution in [-0.2, 0) is 29.3 Å². The zero-order valence-corrected chi connectivity index (χ0v) is 16.8. The molecule has 2 aromatic carbocycles. The highest BCUT2D eigenvalue weighted by Crippen LogP contribution is 2.46. The number of aryl methyl sites for hydroxylation is 3. The van der Waals surface area contributed by atoms with Gasteiger partial charge in [-0.1, -0.05) is 49.7 Å². The van der Waals surface area contributed by atoms with E-state index in [1.54, 1.807) is 0 Å². The molecular weight excluding hydrogens is 376 g/mol. The molecule has 1 aliphatic heterocycles. The highest BCUT2D eigenvalue weighted by atomic mass is 32.2. The Morgan fingerprint density at radius 1 is 0.963 bits per heavy atom. The lowest BCUT2D eigenvalue weighted by molar-refractivity contribution is 0.597. The van der Waals surface area contributed by atoms with E-state index in [0.29, 0.717) is 12.1 Å². The smallest absolute Gasteiger partial charge is 0.241 e. The van der Waals surface area contributed by atoms with Crippen LogP contribution in [0.1, 0.15) is 29.3 Å². The Kier molecular flexibility index (Phi) is 4.80. The molecule has 1 aliphatic rings. The van der Waals surface area contributed by atoms with Gasteiger partial charge in [0.2, 0.25) is 10.0 Å². The van der Waals surface area contributed by atoms with Crippen molar-refractivity contribution in [1.29, 1.82) is 0 Å². The van der Waals surface area contributed by atoms with Crippen LogP contribution in [0.25, 0.3) is 0 Å². The number of nitrogens with zero attached hydrogens (tertiary/aromatic N) is 1. The third-order valence-electron chi connectivity index (χ3n) is 4.93. The quantitative estimate of drug-likeness (QED) is 0.679. The second kappa shape index (κ2) is 7.11. The third kappa shape index (κ3) is 3.29. The summed E-state index contributed by atoms with van der Waals surface area (Å²) in [5, 5.41) is 7.61. The summed E-state index contributed by atoms with van der Waals surface area (Å²) in [5.74, 6) is 0. The maximum atomic E-state index is 12.5. The summed E-state index contributed by atoms with van der Waals surface area (Å²) in [6, 6.07) is 16.4. The Morgan fingerprint density at radius 2 is 1.52 bits per heavy atom. The minimum atomic E-state index is -3.84. The van der Waals surface area contributed by atoms with Gasteiger partial charge in [-0.2, -0.15) is 0 Å². The van der Waals surface area contributed by atoms with Crippen molar-refractivity contribution < 1.29 is 8.42 Å². The number of benzene rings is 2. The third-order valence-corrected chi connectivity index (χ3v) is 7.12. The van der Waals surface area contributed by atoms with Crippen LogP contribution < -0.4 is 10.0 Å². The first-order chi connectivity index (χ1) is 13.0. The first-order valence-electron chi connectivity index (χ1n) is 9.09. The van der Waals surface area contributed by atoms with Crippen LogP contribution in [0.2, 0.25) is 0 Å². The number of fused-ring (bicyclic) bond motifs is 2. The van der Waals surface area contributed by atoms with Crippen LogP contribution in [0.3, 0.4) is 0 Å². The molecule has 2 N–H and O–H groups in total. The van der Waals surface area contributed by atoms with E-state index in [1.165, 1.54) is 22.5 Å². The predicted molar refractivity (Wildman–Crippen MR) is 112 cm³/mol. The Hall–Kier alpha value is -2.15. The van der Waals surface area contributed by atoms with E-state index in [1.807, 2.05) is 36.6 Å². The molecule has 1 aromatic heterocycles. The summed E-state index contributed by atoms with van der Waals surface area (Å²) in [6.45, 7) is 2.04. The highest BCUT2D eigenvalue weighted by Gasteiger charge is 2.29. The summed E-state index contributed by atoms with van der Waals surface area (Å²) in [6.07, 6.45) is 3.41. The molecule has 27 heavy (non-hydrogen) atoms. The molecule has 0 bridgehead atoms. The van der Waals surface area contributed by atoms with Crippen molar-refractivity contribution in [2.45, 2.75) is 37.5 Å². The lowest BCUT2D eigenvalue weighted by Gasteiger charge is -2.27. The summed E-state index contributed by atoms with van der Waals surface area (Å²) in [4.78, 5) is 3.17. The van der Waals surface area contributed by atoms with Crippen LogP contribution >= 0.6 is 11.3 Å². The summed E-state index contributed by atoms with van der Waals surface area (Å²) in [7, 11) is -3.84. The molecule has 0 atom stereocenters. The summed E-state index contributed by atoms with van der Waals surface area (Å²) in [5.41, 5.74) is 5.11. The van der Waals surface area contributed by atoms with Crippen molar-refractivity contribution in [1.82, 2.24) is 0 Å². The van der Waals surface area contributed by atoms with Gasteiger partial charge in [0, 0.05) is 21.6 Å². The van der Waals surface area contributed by atoms with Gasteiger partial charge in [0.05, 0.1) is 5.69 Å². The van der Waals surface area contributed by atoms with E-state index in [9.17, 15) is 8.42 Å². The van der Waals surface area contributed by atoms with E-state index in [2.05, 4.69) is 29.2 Å². The van der Waals surface area contributed by atoms with Crippen molar-refractivity contribution in [2.75, 3.05) is 4.90 Å². The molecule has 140 valence electrons. The monoisotopic (exact) mass is 398 g/mol. The molecule has 0 saturated carbocycles. The second-order valence-electron chi connectivity index (χ2n) is 6.76. The summed E-state index contributed by atoms with van der Waals surface area (Å²) < 4.78 is 25.0. The fourth-order valence-corrected chi connectivity index (χ4v) is 6.21. The van der Waals surface area contributed by atoms with Gasteiger partial charge in [0.1, 0.15) is 4.90 Å². The van der Waals surface area contributed by atoms with Crippen molar-refractivity contribution >= 4 is 38.4 Å². The van der Waals surface area contributed by atoms with Gasteiger partial charge < -0.3 is 4.90 Å². The number of para-hydroxylation sites is 2. The van der Waals surface area contributed by atoms with Gasteiger partial charge in [0.15, 0.2) is 0 Å². The number of nitrogens with two attached hydrogens (primary N) is 1. The molecule has 4 rings (SSSR count). The molecule has 0 saturated heterocycles. The van der Waals surface area contributed by atoms with Gasteiger partial charge in [-0.25, -0.2) is 13.6 Å². The number of sulfonamides is 1. The van der Waals surface area contributed by atoms with Gasteiger partial charge >= 0.3 is 0 Å². The van der Waals surface area contributed by atoms with Crippen molar-refractivity contribution in [3.05, 3.63) is 69.9 Å². The maximum absolute atomic E-state index is 12.5. The number of anilines is 3. The molecule has 6 heteroatoms. The minimum absolute atomic E-state index is 0.265. The molecule has 0 radical (unpaired) electrons. The second-order valence-corrected chi connectivity index (χ2v) is 9.22. The fourth-order valence-electron chi connectivity index (χ4n) is 3.77. The molecule has 0 spiro atoms. The fraction of sp³-hybridized carbons (Fsp3) is 0.238. The van der Waals surface area contributed by atoms with E-state index < -0.39 is 10.0 Å². The number of thiophene rings is 1. The lowest BCUT2D eigenvalue weighted by Crippen LogP contribution is -2.19. The van der Waals surface area contributed by atoms with Crippen LogP contribution in [0, 0.1) is 0 Å².